The van der Waals surface area contributed by atoms with Gasteiger partial charge in [0.25, 0.3) is 0 Å². The predicted molar refractivity (Wildman–Crippen MR) is 102 cm³/mol. The number of para-hydroxylation sites is 1. The Hall–Kier alpha value is -3.06. The standard InChI is InChI=1S/C21H22N2O5/c1-14-18(20(24)22-12-13-27-21(22)25)19(15-8-10-17(26-2)11-9-15)23(28-14)16-6-4-3-5-7-16/h3-11,14,18-19H,12-13H2,1-2H3/t14-,18-,19+/m0/s1. The van der Waals surface area contributed by atoms with Gasteiger partial charge in [-0.15, -0.1) is 0 Å². The minimum atomic E-state index is -0.594. The van der Waals surface area contributed by atoms with Crippen molar-refractivity contribution in [1.82, 2.24) is 4.90 Å². The lowest BCUT2D eigenvalue weighted by Gasteiger charge is -2.28. The lowest BCUT2D eigenvalue weighted by molar-refractivity contribution is -0.133. The van der Waals surface area contributed by atoms with Crippen LogP contribution in [0.2, 0.25) is 0 Å². The van der Waals surface area contributed by atoms with Crippen LogP contribution in [-0.2, 0) is 14.4 Å². The smallest absolute Gasteiger partial charge is 0.416 e. The van der Waals surface area contributed by atoms with E-state index in [4.69, 9.17) is 14.3 Å². The third-order valence-corrected chi connectivity index (χ3v) is 5.16. The monoisotopic (exact) mass is 382 g/mol. The van der Waals surface area contributed by atoms with Crippen molar-refractivity contribution >= 4 is 17.7 Å². The number of nitrogens with zero attached hydrogens (tertiary/aromatic N) is 2. The molecule has 0 aliphatic carbocycles. The van der Waals surface area contributed by atoms with Crippen LogP contribution < -0.4 is 9.80 Å². The third kappa shape index (κ3) is 3.18. The zero-order chi connectivity index (χ0) is 19.7. The molecule has 2 aliphatic rings. The Morgan fingerprint density at radius 2 is 1.82 bits per heavy atom. The summed E-state index contributed by atoms with van der Waals surface area (Å²) < 4.78 is 10.2. The molecule has 2 aliphatic heterocycles. The Labute approximate surface area is 163 Å². The fourth-order valence-electron chi connectivity index (χ4n) is 3.76. The number of cyclic esters (lactones) is 1. The molecular formula is C21H22N2O5. The molecule has 28 heavy (non-hydrogen) atoms. The number of amides is 2. The number of ether oxygens (including phenoxy) is 2. The van der Waals surface area contributed by atoms with Crippen LogP contribution in [0.1, 0.15) is 18.5 Å². The van der Waals surface area contributed by atoms with Crippen molar-refractivity contribution in [2.24, 2.45) is 5.92 Å². The van der Waals surface area contributed by atoms with Crippen LogP contribution in [0.4, 0.5) is 10.5 Å². The van der Waals surface area contributed by atoms with Gasteiger partial charge in [0.15, 0.2) is 0 Å². The highest BCUT2D eigenvalue weighted by Gasteiger charge is 2.49. The van der Waals surface area contributed by atoms with Gasteiger partial charge in [0.05, 0.1) is 37.4 Å². The largest absolute Gasteiger partial charge is 0.497 e. The van der Waals surface area contributed by atoms with Crippen LogP contribution in [0.25, 0.3) is 0 Å². The van der Waals surface area contributed by atoms with Gasteiger partial charge in [0.2, 0.25) is 5.91 Å². The fourth-order valence-corrected chi connectivity index (χ4v) is 3.76. The average molecular weight is 382 g/mol. The number of benzene rings is 2. The summed E-state index contributed by atoms with van der Waals surface area (Å²) in [5.74, 6) is -0.110. The number of hydroxylamine groups is 1. The summed E-state index contributed by atoms with van der Waals surface area (Å²) in [4.78, 5) is 32.5. The second-order valence-corrected chi connectivity index (χ2v) is 6.82. The number of methoxy groups -OCH3 is 1. The summed E-state index contributed by atoms with van der Waals surface area (Å²) in [6.07, 6.45) is -1.00. The third-order valence-electron chi connectivity index (χ3n) is 5.16. The van der Waals surface area contributed by atoms with Gasteiger partial charge in [-0.25, -0.2) is 14.8 Å². The summed E-state index contributed by atoms with van der Waals surface area (Å²) in [6.45, 7) is 2.34. The van der Waals surface area contributed by atoms with E-state index >= 15 is 0 Å². The molecule has 7 nitrogen and oxygen atoms in total. The number of carbonyl (C=O) groups excluding carboxylic acids is 2. The molecule has 0 bridgehead atoms. The Morgan fingerprint density at radius 1 is 1.11 bits per heavy atom. The molecule has 3 atom stereocenters. The van der Waals surface area contributed by atoms with E-state index in [2.05, 4.69) is 0 Å². The molecule has 2 aromatic carbocycles. The van der Waals surface area contributed by atoms with E-state index in [0.29, 0.717) is 0 Å². The van der Waals surface area contributed by atoms with Gasteiger partial charge in [-0.2, -0.15) is 0 Å². The lowest BCUT2D eigenvalue weighted by Crippen LogP contribution is -2.41. The maximum Gasteiger partial charge on any atom is 0.416 e. The Kier molecular flexibility index (Phi) is 4.92. The van der Waals surface area contributed by atoms with Crippen LogP contribution in [0.5, 0.6) is 5.75 Å². The molecule has 4 rings (SSSR count). The van der Waals surface area contributed by atoms with Crippen LogP contribution in [0, 0.1) is 5.92 Å². The van der Waals surface area contributed by atoms with E-state index in [1.54, 1.807) is 12.2 Å². The van der Waals surface area contributed by atoms with Crippen molar-refractivity contribution < 1.29 is 23.9 Å². The quantitative estimate of drug-likeness (QED) is 0.809. The van der Waals surface area contributed by atoms with Crippen LogP contribution in [0.3, 0.4) is 0 Å². The molecule has 0 N–H and O–H groups in total. The van der Waals surface area contributed by atoms with Gasteiger partial charge in [-0.1, -0.05) is 30.3 Å². The van der Waals surface area contributed by atoms with E-state index < -0.39 is 18.1 Å². The first-order valence-corrected chi connectivity index (χ1v) is 9.23. The molecule has 146 valence electrons. The van der Waals surface area contributed by atoms with E-state index in [-0.39, 0.29) is 25.1 Å². The van der Waals surface area contributed by atoms with Crippen molar-refractivity contribution in [3.8, 4) is 5.75 Å². The van der Waals surface area contributed by atoms with Gasteiger partial charge in [0.1, 0.15) is 12.4 Å². The van der Waals surface area contributed by atoms with Gasteiger partial charge in [-0.05, 0) is 36.8 Å². The highest BCUT2D eigenvalue weighted by molar-refractivity contribution is 5.95. The van der Waals surface area contributed by atoms with E-state index in [1.165, 1.54) is 4.90 Å². The molecule has 2 fully saturated rings. The van der Waals surface area contributed by atoms with Gasteiger partial charge in [0, 0.05) is 0 Å². The first-order chi connectivity index (χ1) is 13.6. The first-order valence-electron chi connectivity index (χ1n) is 9.23. The molecule has 2 aromatic rings. The number of rotatable bonds is 4. The minimum absolute atomic E-state index is 0.224. The Morgan fingerprint density at radius 3 is 2.43 bits per heavy atom. The summed E-state index contributed by atoms with van der Waals surface area (Å²) in [5, 5.41) is 1.76. The van der Waals surface area contributed by atoms with Crippen molar-refractivity contribution in [2.75, 3.05) is 25.3 Å². The van der Waals surface area contributed by atoms with Gasteiger partial charge >= 0.3 is 6.09 Å². The zero-order valence-corrected chi connectivity index (χ0v) is 15.8. The number of anilines is 1. The Bertz CT molecular complexity index is 855. The van der Waals surface area contributed by atoms with E-state index in [1.807, 2.05) is 61.5 Å². The van der Waals surface area contributed by atoms with E-state index in [0.717, 1.165) is 17.0 Å². The summed E-state index contributed by atoms with van der Waals surface area (Å²) in [6, 6.07) is 16.8. The first kappa shape index (κ1) is 18.3. The molecular weight excluding hydrogens is 360 g/mol. The van der Waals surface area contributed by atoms with Crippen molar-refractivity contribution in [3.63, 3.8) is 0 Å². The summed E-state index contributed by atoms with van der Waals surface area (Å²) in [7, 11) is 1.61. The number of carbonyl (C=O) groups is 2. The summed E-state index contributed by atoms with van der Waals surface area (Å²) >= 11 is 0. The van der Waals surface area contributed by atoms with Gasteiger partial charge in [-0.3, -0.25) is 9.63 Å². The molecule has 0 aromatic heterocycles. The highest BCUT2D eigenvalue weighted by Crippen LogP contribution is 2.43. The van der Waals surface area contributed by atoms with Gasteiger partial charge < -0.3 is 9.47 Å². The maximum atomic E-state index is 13.2. The number of imide groups is 1. The van der Waals surface area contributed by atoms with Crippen molar-refractivity contribution in [1.29, 1.82) is 0 Å². The molecule has 0 saturated carbocycles. The number of hydrogen-bond donors (Lipinski definition) is 0. The predicted octanol–water partition coefficient (Wildman–Crippen LogP) is 3.17. The van der Waals surface area contributed by atoms with Crippen LogP contribution in [0.15, 0.2) is 54.6 Å². The molecule has 7 heteroatoms. The molecule has 2 amide bonds. The van der Waals surface area contributed by atoms with Crippen LogP contribution in [-0.4, -0.2) is 43.3 Å². The molecule has 0 spiro atoms. The fraction of sp³-hybridized carbons (Fsp3) is 0.333. The lowest BCUT2D eigenvalue weighted by atomic mass is 9.88. The van der Waals surface area contributed by atoms with Crippen molar-refractivity contribution in [2.45, 2.75) is 19.1 Å². The maximum absolute atomic E-state index is 13.2. The van der Waals surface area contributed by atoms with Crippen LogP contribution >= 0.6 is 0 Å². The second-order valence-electron chi connectivity index (χ2n) is 6.82. The minimum Gasteiger partial charge on any atom is -0.497 e. The SMILES string of the molecule is COc1ccc([C@@H]2[C@@H](C(=O)N3CCOC3=O)[C@H](C)ON2c2ccccc2)cc1. The molecule has 2 heterocycles. The molecule has 0 radical (unpaired) electrons. The highest BCUT2D eigenvalue weighted by atomic mass is 16.7. The van der Waals surface area contributed by atoms with Crippen molar-refractivity contribution in [3.05, 3.63) is 60.2 Å². The zero-order valence-electron chi connectivity index (χ0n) is 15.8. The average Bonchev–Trinajstić information content (AvgIpc) is 3.31. The molecule has 0 unspecified atom stereocenters. The second kappa shape index (κ2) is 7.52. The van der Waals surface area contributed by atoms with E-state index in [9.17, 15) is 9.59 Å². The number of hydrogen-bond acceptors (Lipinski definition) is 6. The topological polar surface area (TPSA) is 68.3 Å². The summed E-state index contributed by atoms with van der Waals surface area (Å²) in [5.41, 5.74) is 1.74. The molecule has 2 saturated heterocycles. The Balaban J connectivity index is 1.74. The normalized spacial score (nSPS) is 24.4.